The van der Waals surface area contributed by atoms with E-state index in [2.05, 4.69) is 20.5 Å². The molecule has 1 aromatic heterocycles. The van der Waals surface area contributed by atoms with E-state index in [1.807, 2.05) is 38.1 Å². The van der Waals surface area contributed by atoms with Gasteiger partial charge in [0, 0.05) is 20.6 Å². The van der Waals surface area contributed by atoms with E-state index in [-0.39, 0.29) is 5.75 Å². The number of hydrogen-bond donors (Lipinski definition) is 1. The number of aryl methyl sites for hydroxylation is 2. The molecule has 1 N–H and O–H groups in total. The van der Waals surface area contributed by atoms with Crippen LogP contribution in [0.3, 0.4) is 0 Å². The number of benzene rings is 1. The van der Waals surface area contributed by atoms with Gasteiger partial charge in [-0.2, -0.15) is 5.10 Å². The topological polar surface area (TPSA) is 88.1 Å². The highest BCUT2D eigenvalue weighted by Crippen LogP contribution is 2.11. The second-order valence-corrected chi connectivity index (χ2v) is 7.70. The van der Waals surface area contributed by atoms with Gasteiger partial charge in [-0.25, -0.2) is 17.7 Å². The minimum atomic E-state index is -3.24. The van der Waals surface area contributed by atoms with Crippen LogP contribution in [0.1, 0.15) is 22.5 Å². The molecule has 0 aliphatic carbocycles. The fourth-order valence-corrected chi connectivity index (χ4v) is 2.68. The lowest BCUT2D eigenvalue weighted by Crippen LogP contribution is -2.23. The second kappa shape index (κ2) is 7.01. The first-order valence-electron chi connectivity index (χ1n) is 7.18. The molecule has 0 saturated heterocycles. The molecule has 0 bridgehead atoms. The number of nitrogens with zero attached hydrogens (tertiary/aromatic N) is 4. The van der Waals surface area contributed by atoms with Crippen LogP contribution in [-0.2, 0) is 22.3 Å². The minimum absolute atomic E-state index is 0.00209. The Balaban J connectivity index is 1.99. The summed E-state index contributed by atoms with van der Waals surface area (Å²) < 4.78 is 24.9. The molecule has 0 radical (unpaired) electrons. The third kappa shape index (κ3) is 4.70. The summed E-state index contributed by atoms with van der Waals surface area (Å²) in [7, 11) is -0.173. The highest BCUT2D eigenvalue weighted by molar-refractivity contribution is 7.88. The zero-order valence-corrected chi connectivity index (χ0v) is 14.6. The first-order chi connectivity index (χ1) is 10.8. The van der Waals surface area contributed by atoms with Crippen LogP contribution in [0.5, 0.6) is 0 Å². The van der Waals surface area contributed by atoms with E-state index in [9.17, 15) is 8.42 Å². The molecule has 0 spiro atoms. The summed E-state index contributed by atoms with van der Waals surface area (Å²) in [6.07, 6.45) is 0. The standard InChI is InChI=1S/C15H21N5O2S/c1-11-12(2)18-19-15(17-11)16-9-13-5-7-14(8-6-13)10-23(21,22)20(3)4/h5-8H,9-10H2,1-4H3,(H,16,17,19). The smallest absolute Gasteiger partial charge is 0.243 e. The number of rotatable bonds is 6. The lowest BCUT2D eigenvalue weighted by atomic mass is 10.1. The van der Waals surface area contributed by atoms with Crippen LogP contribution >= 0.6 is 0 Å². The van der Waals surface area contributed by atoms with Crippen molar-refractivity contribution in [1.82, 2.24) is 19.5 Å². The quantitative estimate of drug-likeness (QED) is 0.860. The van der Waals surface area contributed by atoms with Gasteiger partial charge in [-0.15, -0.1) is 5.10 Å². The van der Waals surface area contributed by atoms with Crippen molar-refractivity contribution in [3.63, 3.8) is 0 Å². The normalized spacial score (nSPS) is 11.7. The monoisotopic (exact) mass is 335 g/mol. The number of hydrogen-bond acceptors (Lipinski definition) is 6. The Kier molecular flexibility index (Phi) is 5.27. The Morgan fingerprint density at radius 3 is 2.17 bits per heavy atom. The van der Waals surface area contributed by atoms with Crippen molar-refractivity contribution in [2.24, 2.45) is 0 Å². The van der Waals surface area contributed by atoms with Crippen molar-refractivity contribution in [1.29, 1.82) is 0 Å². The zero-order chi connectivity index (χ0) is 17.0. The molecule has 2 rings (SSSR count). The van der Waals surface area contributed by atoms with Gasteiger partial charge in [-0.1, -0.05) is 24.3 Å². The summed E-state index contributed by atoms with van der Waals surface area (Å²) in [6, 6.07) is 7.42. The van der Waals surface area contributed by atoms with Crippen LogP contribution in [0.15, 0.2) is 24.3 Å². The SMILES string of the molecule is Cc1nnc(NCc2ccc(CS(=O)(=O)N(C)C)cc2)nc1C. The van der Waals surface area contributed by atoms with Crippen molar-refractivity contribution in [3.8, 4) is 0 Å². The molecule has 0 fully saturated rings. The van der Waals surface area contributed by atoms with Gasteiger partial charge in [-0.05, 0) is 25.0 Å². The summed E-state index contributed by atoms with van der Waals surface area (Å²) in [5, 5.41) is 11.1. The first kappa shape index (κ1) is 17.3. The predicted octanol–water partition coefficient (Wildman–Crippen LogP) is 1.49. The van der Waals surface area contributed by atoms with Gasteiger partial charge in [0.15, 0.2) is 0 Å². The first-order valence-corrected chi connectivity index (χ1v) is 8.78. The summed E-state index contributed by atoms with van der Waals surface area (Å²) in [6.45, 7) is 4.29. The van der Waals surface area contributed by atoms with Crippen LogP contribution in [0.25, 0.3) is 0 Å². The Morgan fingerprint density at radius 2 is 1.61 bits per heavy atom. The van der Waals surface area contributed by atoms with Crippen molar-refractivity contribution in [2.75, 3.05) is 19.4 Å². The molecule has 23 heavy (non-hydrogen) atoms. The highest BCUT2D eigenvalue weighted by atomic mass is 32.2. The van der Waals surface area contributed by atoms with Crippen molar-refractivity contribution < 1.29 is 8.42 Å². The minimum Gasteiger partial charge on any atom is -0.349 e. The van der Waals surface area contributed by atoms with Crippen molar-refractivity contribution in [2.45, 2.75) is 26.1 Å². The average Bonchev–Trinajstić information content (AvgIpc) is 2.49. The fourth-order valence-electron chi connectivity index (χ4n) is 1.81. The van der Waals surface area contributed by atoms with Crippen LogP contribution in [0, 0.1) is 13.8 Å². The van der Waals surface area contributed by atoms with Gasteiger partial charge in [-0.3, -0.25) is 0 Å². The molecule has 0 aliphatic heterocycles. The molecular formula is C15H21N5O2S. The maximum absolute atomic E-state index is 11.8. The molecule has 1 aromatic carbocycles. The second-order valence-electron chi connectivity index (χ2n) is 5.51. The molecule has 0 aliphatic rings. The van der Waals surface area contributed by atoms with Gasteiger partial charge >= 0.3 is 0 Å². The van der Waals surface area contributed by atoms with Crippen LogP contribution < -0.4 is 5.32 Å². The molecule has 7 nitrogen and oxygen atoms in total. The van der Waals surface area contributed by atoms with Gasteiger partial charge < -0.3 is 5.32 Å². The lowest BCUT2D eigenvalue weighted by molar-refractivity contribution is 0.519. The molecule has 0 atom stereocenters. The maximum Gasteiger partial charge on any atom is 0.243 e. The Morgan fingerprint density at radius 1 is 1.00 bits per heavy atom. The molecule has 0 amide bonds. The molecule has 0 saturated carbocycles. The Labute approximate surface area is 136 Å². The van der Waals surface area contributed by atoms with Crippen LogP contribution in [0.4, 0.5) is 5.95 Å². The molecule has 0 unspecified atom stereocenters. The maximum atomic E-state index is 11.8. The Hall–Kier alpha value is -2.06. The summed E-state index contributed by atoms with van der Waals surface area (Å²) in [5.41, 5.74) is 3.41. The summed E-state index contributed by atoms with van der Waals surface area (Å²) in [5.74, 6) is 0.477. The zero-order valence-electron chi connectivity index (χ0n) is 13.7. The molecule has 2 aromatic rings. The van der Waals surface area contributed by atoms with Gasteiger partial charge in [0.05, 0.1) is 17.1 Å². The molecule has 124 valence electrons. The average molecular weight is 335 g/mol. The van der Waals surface area contributed by atoms with Crippen LogP contribution in [0.2, 0.25) is 0 Å². The Bertz CT molecular complexity index is 773. The third-order valence-electron chi connectivity index (χ3n) is 3.47. The fraction of sp³-hybridized carbons (Fsp3) is 0.400. The van der Waals surface area contributed by atoms with E-state index in [0.717, 1.165) is 22.5 Å². The number of nitrogens with one attached hydrogen (secondary N) is 1. The van der Waals surface area contributed by atoms with E-state index in [4.69, 9.17) is 0 Å². The van der Waals surface area contributed by atoms with Gasteiger partial charge in [0.25, 0.3) is 0 Å². The van der Waals surface area contributed by atoms with E-state index in [0.29, 0.717) is 12.5 Å². The van der Waals surface area contributed by atoms with Crippen LogP contribution in [-0.4, -0.2) is 42.0 Å². The summed E-state index contributed by atoms with van der Waals surface area (Å²) in [4.78, 5) is 4.30. The lowest BCUT2D eigenvalue weighted by Gasteiger charge is -2.11. The number of aromatic nitrogens is 3. The van der Waals surface area contributed by atoms with Gasteiger partial charge in [0.1, 0.15) is 0 Å². The van der Waals surface area contributed by atoms with E-state index < -0.39 is 10.0 Å². The molecule has 1 heterocycles. The molecule has 8 heteroatoms. The van der Waals surface area contributed by atoms with E-state index in [1.54, 1.807) is 0 Å². The van der Waals surface area contributed by atoms with Gasteiger partial charge in [0.2, 0.25) is 16.0 Å². The predicted molar refractivity (Wildman–Crippen MR) is 89.4 cm³/mol. The van der Waals surface area contributed by atoms with Crippen molar-refractivity contribution in [3.05, 3.63) is 46.8 Å². The highest BCUT2D eigenvalue weighted by Gasteiger charge is 2.14. The largest absolute Gasteiger partial charge is 0.349 e. The van der Waals surface area contributed by atoms with E-state index >= 15 is 0 Å². The number of sulfonamides is 1. The molecular weight excluding hydrogens is 314 g/mol. The number of anilines is 1. The summed E-state index contributed by atoms with van der Waals surface area (Å²) >= 11 is 0. The van der Waals surface area contributed by atoms with Crippen molar-refractivity contribution >= 4 is 16.0 Å². The van der Waals surface area contributed by atoms with E-state index in [1.165, 1.54) is 18.4 Å². The third-order valence-corrected chi connectivity index (χ3v) is 5.28.